The molecule has 0 aliphatic rings. The zero-order valence-electron chi connectivity index (χ0n) is 36.1. The molecular weight excluding hydrogens is 837 g/mol. The number of furan rings is 2. The lowest BCUT2D eigenvalue weighted by Gasteiger charge is -2.28. The minimum Gasteiger partial charge on any atom is -0.454 e. The van der Waals surface area contributed by atoms with Crippen molar-refractivity contribution in [2.75, 3.05) is 9.80 Å². The molecule has 0 radical (unpaired) electrons. The van der Waals surface area contributed by atoms with Crippen LogP contribution in [0, 0.1) is 0 Å². The molecular formula is C62H38N2O2S. The van der Waals surface area contributed by atoms with Gasteiger partial charge in [-0.3, -0.25) is 0 Å². The maximum atomic E-state index is 6.75. The first kappa shape index (κ1) is 37.7. The predicted molar refractivity (Wildman–Crippen MR) is 284 cm³/mol. The maximum absolute atomic E-state index is 6.75. The predicted octanol–water partition coefficient (Wildman–Crippen LogP) is 18.8. The van der Waals surface area contributed by atoms with Crippen LogP contribution < -0.4 is 9.80 Å². The molecule has 0 fully saturated rings. The largest absolute Gasteiger partial charge is 0.454 e. The smallest absolute Gasteiger partial charge is 0.159 e. The SMILES string of the molecule is c1ccc(-c2ccccc2N(c2ccc3c(c2)sc2c4ccc(N(c5ccccc5)c5cccc6c5oc5ccccc56)cc4c4ccccc4c32)c2cccc3c2oc2ccccc23)cc1. The molecule has 314 valence electrons. The summed E-state index contributed by atoms with van der Waals surface area (Å²) in [6, 6.07) is 82.5. The number of para-hydroxylation sites is 6. The second-order valence-electron chi connectivity index (χ2n) is 17.2. The Morgan fingerprint density at radius 3 is 1.54 bits per heavy atom. The van der Waals surface area contributed by atoms with Gasteiger partial charge in [-0.05, 0) is 88.5 Å². The van der Waals surface area contributed by atoms with Crippen molar-refractivity contribution in [1.82, 2.24) is 0 Å². The Bertz CT molecular complexity index is 4240. The molecule has 4 nitrogen and oxygen atoms in total. The Labute approximate surface area is 389 Å². The number of hydrogen-bond donors (Lipinski definition) is 0. The van der Waals surface area contributed by atoms with Gasteiger partial charge in [-0.1, -0.05) is 164 Å². The molecule has 0 unspecified atom stereocenters. The summed E-state index contributed by atoms with van der Waals surface area (Å²) >= 11 is 1.87. The molecule has 11 aromatic carbocycles. The highest BCUT2D eigenvalue weighted by Crippen LogP contribution is 2.50. The molecule has 3 heterocycles. The van der Waals surface area contributed by atoms with E-state index >= 15 is 0 Å². The van der Waals surface area contributed by atoms with E-state index in [1.165, 1.54) is 41.7 Å². The average Bonchev–Trinajstić information content (AvgIpc) is 4.10. The van der Waals surface area contributed by atoms with E-state index in [9.17, 15) is 0 Å². The van der Waals surface area contributed by atoms with Crippen LogP contribution in [0.1, 0.15) is 0 Å². The summed E-state index contributed by atoms with van der Waals surface area (Å²) in [6.07, 6.45) is 0. The molecule has 0 aliphatic carbocycles. The van der Waals surface area contributed by atoms with Crippen LogP contribution in [0.15, 0.2) is 239 Å². The van der Waals surface area contributed by atoms with Crippen LogP contribution in [0.5, 0.6) is 0 Å². The van der Waals surface area contributed by atoms with E-state index in [1.807, 2.05) is 23.5 Å². The van der Waals surface area contributed by atoms with Crippen LogP contribution in [0.2, 0.25) is 0 Å². The first-order valence-electron chi connectivity index (χ1n) is 22.7. The van der Waals surface area contributed by atoms with Gasteiger partial charge in [0.2, 0.25) is 0 Å². The van der Waals surface area contributed by atoms with Gasteiger partial charge in [0.25, 0.3) is 0 Å². The molecule has 3 aromatic heterocycles. The standard InChI is InChI=1S/C62H38N2O2S/c1-3-17-39(18-4-1)43-21-9-12-28-53(43)64(55-30-16-27-49-46-24-11-14-32-57(46)66-61(49)55)42-34-36-51-58(38-42)67-62-50-35-33-41(37-52(50)44-22-7-8-25-47(44)59(51)62)63(40-19-5-2-6-20-40)54-29-15-26-48-45-23-10-13-31-56(45)65-60(48)54/h1-38H. The fraction of sp³-hybridized carbons (Fsp3) is 0. The molecule has 0 spiro atoms. The van der Waals surface area contributed by atoms with Crippen LogP contribution in [-0.4, -0.2) is 0 Å². The fourth-order valence-corrected chi connectivity index (χ4v) is 11.8. The summed E-state index contributed by atoms with van der Waals surface area (Å²) in [7, 11) is 0. The third-order valence-electron chi connectivity index (χ3n) is 13.4. The second kappa shape index (κ2) is 15.0. The quantitative estimate of drug-likeness (QED) is 0.149. The molecule has 0 saturated heterocycles. The monoisotopic (exact) mass is 874 g/mol. The summed E-state index contributed by atoms with van der Waals surface area (Å²) in [5.74, 6) is 0. The molecule has 14 aromatic rings. The van der Waals surface area contributed by atoms with Crippen LogP contribution >= 0.6 is 11.3 Å². The minimum absolute atomic E-state index is 0.858. The van der Waals surface area contributed by atoms with Crippen molar-refractivity contribution in [3.05, 3.63) is 231 Å². The van der Waals surface area contributed by atoms with E-state index < -0.39 is 0 Å². The van der Waals surface area contributed by atoms with Gasteiger partial charge in [-0.15, -0.1) is 11.3 Å². The highest BCUT2D eigenvalue weighted by atomic mass is 32.1. The number of rotatable bonds is 7. The molecule has 14 rings (SSSR count). The van der Waals surface area contributed by atoms with Gasteiger partial charge in [-0.25, -0.2) is 0 Å². The highest BCUT2D eigenvalue weighted by molar-refractivity contribution is 7.27. The maximum Gasteiger partial charge on any atom is 0.159 e. The van der Waals surface area contributed by atoms with Gasteiger partial charge in [0.15, 0.2) is 11.2 Å². The van der Waals surface area contributed by atoms with E-state index in [0.29, 0.717) is 0 Å². The van der Waals surface area contributed by atoms with Crippen molar-refractivity contribution >= 4 is 131 Å². The summed E-state index contributed by atoms with van der Waals surface area (Å²) in [6.45, 7) is 0. The summed E-state index contributed by atoms with van der Waals surface area (Å²) < 4.78 is 15.9. The van der Waals surface area contributed by atoms with Gasteiger partial charge in [0.1, 0.15) is 11.2 Å². The zero-order valence-corrected chi connectivity index (χ0v) is 36.9. The number of anilines is 6. The Balaban J connectivity index is 0.992. The molecule has 0 aliphatic heterocycles. The van der Waals surface area contributed by atoms with Crippen molar-refractivity contribution < 1.29 is 8.83 Å². The normalized spacial score (nSPS) is 11.9. The lowest BCUT2D eigenvalue weighted by molar-refractivity contribution is 0.668. The molecule has 0 bridgehead atoms. The van der Waals surface area contributed by atoms with E-state index in [4.69, 9.17) is 8.83 Å². The summed E-state index contributed by atoms with van der Waals surface area (Å²) in [4.78, 5) is 4.73. The van der Waals surface area contributed by atoms with Crippen LogP contribution in [-0.2, 0) is 0 Å². The van der Waals surface area contributed by atoms with Gasteiger partial charge < -0.3 is 18.6 Å². The van der Waals surface area contributed by atoms with Crippen LogP contribution in [0.4, 0.5) is 34.1 Å². The van der Waals surface area contributed by atoms with E-state index in [-0.39, 0.29) is 0 Å². The zero-order chi connectivity index (χ0) is 44.0. The molecule has 0 saturated carbocycles. The number of nitrogens with zero attached hydrogens (tertiary/aromatic N) is 2. The average molecular weight is 875 g/mol. The lowest BCUT2D eigenvalue weighted by atomic mass is 9.96. The van der Waals surface area contributed by atoms with Gasteiger partial charge >= 0.3 is 0 Å². The Kier molecular flexibility index (Phi) is 8.42. The van der Waals surface area contributed by atoms with Crippen molar-refractivity contribution in [2.45, 2.75) is 0 Å². The molecule has 0 atom stereocenters. The fourth-order valence-electron chi connectivity index (χ4n) is 10.5. The molecule has 0 amide bonds. The second-order valence-corrected chi connectivity index (χ2v) is 18.2. The summed E-state index contributed by atoms with van der Waals surface area (Å²) in [5, 5.41) is 11.8. The van der Waals surface area contributed by atoms with Crippen molar-refractivity contribution in [2.24, 2.45) is 0 Å². The van der Waals surface area contributed by atoms with E-state index in [1.54, 1.807) is 0 Å². The van der Waals surface area contributed by atoms with Crippen LogP contribution in [0.25, 0.3) is 96.7 Å². The van der Waals surface area contributed by atoms with E-state index in [0.717, 1.165) is 89.1 Å². The van der Waals surface area contributed by atoms with Gasteiger partial charge in [0, 0.05) is 69.7 Å². The van der Waals surface area contributed by atoms with Gasteiger partial charge in [0.05, 0.1) is 17.1 Å². The van der Waals surface area contributed by atoms with Gasteiger partial charge in [-0.2, -0.15) is 0 Å². The number of thiophene rings is 1. The topological polar surface area (TPSA) is 32.8 Å². The van der Waals surface area contributed by atoms with E-state index in [2.05, 4.69) is 228 Å². The van der Waals surface area contributed by atoms with Crippen molar-refractivity contribution in [1.29, 1.82) is 0 Å². The lowest BCUT2D eigenvalue weighted by Crippen LogP contribution is -2.11. The molecule has 0 N–H and O–H groups in total. The Hall–Kier alpha value is -8.64. The third-order valence-corrected chi connectivity index (χ3v) is 14.6. The first-order chi connectivity index (χ1) is 33.2. The number of hydrogen-bond acceptors (Lipinski definition) is 5. The minimum atomic E-state index is 0.858. The highest BCUT2D eigenvalue weighted by Gasteiger charge is 2.25. The van der Waals surface area contributed by atoms with Crippen LogP contribution in [0.3, 0.4) is 0 Å². The number of benzene rings is 11. The molecule has 5 heteroatoms. The van der Waals surface area contributed by atoms with Crippen molar-refractivity contribution in [3.8, 4) is 11.1 Å². The number of fused-ring (bicyclic) bond motifs is 14. The summed E-state index contributed by atoms with van der Waals surface area (Å²) in [5.41, 5.74) is 12.0. The molecule has 67 heavy (non-hydrogen) atoms. The Morgan fingerprint density at radius 2 is 0.836 bits per heavy atom. The third kappa shape index (κ3) is 5.85. The first-order valence-corrected chi connectivity index (χ1v) is 23.5. The van der Waals surface area contributed by atoms with Crippen molar-refractivity contribution in [3.63, 3.8) is 0 Å². The Morgan fingerprint density at radius 1 is 0.313 bits per heavy atom.